The number of carbonyl (C=O) groups excluding carboxylic acids is 2. The fourth-order valence-electron chi connectivity index (χ4n) is 3.16. The monoisotopic (exact) mass is 460 g/mol. The molecule has 33 heavy (non-hydrogen) atoms. The van der Waals surface area contributed by atoms with Crippen LogP contribution in [0, 0.1) is 45.0 Å². The number of phenols is 1. The van der Waals surface area contributed by atoms with Crippen molar-refractivity contribution < 1.29 is 33.9 Å². The maximum Gasteiger partial charge on any atom is 0.350 e. The van der Waals surface area contributed by atoms with Gasteiger partial charge in [-0.2, -0.15) is 9.65 Å². The molecule has 1 atom stereocenters. The van der Waals surface area contributed by atoms with Crippen molar-refractivity contribution in [3.8, 4) is 29.4 Å². The van der Waals surface area contributed by atoms with Gasteiger partial charge in [0.05, 0.1) is 30.1 Å². The molecule has 12 heteroatoms. The number of nitrogens with zero attached hydrogens (tertiary/aromatic N) is 4. The first kappa shape index (κ1) is 24.9. The molecular weight excluding hydrogens is 439 g/mol. The molecule has 1 aliphatic rings. The van der Waals surface area contributed by atoms with Crippen LogP contribution in [0.4, 0.5) is 10.1 Å². The Kier molecular flexibility index (Phi) is 7.81. The van der Waals surface area contributed by atoms with E-state index in [1.54, 1.807) is 11.9 Å². The van der Waals surface area contributed by atoms with Crippen LogP contribution in [0.2, 0.25) is 0 Å². The van der Waals surface area contributed by atoms with Crippen molar-refractivity contribution in [2.24, 2.45) is 5.92 Å². The lowest BCUT2D eigenvalue weighted by atomic mass is 9.98. The number of piperidine rings is 1. The average molecular weight is 460 g/mol. The molecule has 2 amide bonds. The summed E-state index contributed by atoms with van der Waals surface area (Å²) >= 11 is 0. The molecule has 1 saturated heterocycles. The predicted molar refractivity (Wildman–Crippen MR) is 112 cm³/mol. The summed E-state index contributed by atoms with van der Waals surface area (Å²) in [4.78, 5) is 37.1. The molecule has 174 valence electrons. The first-order valence-electron chi connectivity index (χ1n) is 9.61. The number of carbonyl (C=O) groups is 2. The summed E-state index contributed by atoms with van der Waals surface area (Å²) in [7, 11) is 3.98. The minimum Gasteiger partial charge on any atom is -0.506 e. The van der Waals surface area contributed by atoms with Crippen LogP contribution < -0.4 is 4.74 Å². The van der Waals surface area contributed by atoms with Gasteiger partial charge in [-0.15, -0.1) is 0 Å². The molecular formula is C21H21FN4O7. The van der Waals surface area contributed by atoms with E-state index >= 15 is 0 Å². The fourth-order valence-corrected chi connectivity index (χ4v) is 3.16. The summed E-state index contributed by atoms with van der Waals surface area (Å²) in [6.07, 6.45) is 1.37. The topological polar surface area (TPSA) is 157 Å². The standard InChI is InChI=1S/C21H21FN4O7/c1-24-8-4-6-12(20(24)29)7-5-9-25(2)21(30)14(11-23)18(27)13-10-15(33-3)19(28)17(16(13)22)26(31)32/h10,12,27-28H,4,6,8-9H2,1-3H3/b18-14-. The third-order valence-corrected chi connectivity index (χ3v) is 5.00. The second kappa shape index (κ2) is 10.3. The predicted octanol–water partition coefficient (Wildman–Crippen LogP) is 1.57. The molecule has 0 saturated carbocycles. The summed E-state index contributed by atoms with van der Waals surface area (Å²) in [5.74, 6) is -0.700. The molecule has 1 unspecified atom stereocenters. The number of phenolic OH excluding ortho intramolecular Hbond substituents is 1. The Morgan fingerprint density at radius 2 is 2.18 bits per heavy atom. The molecule has 1 aliphatic heterocycles. The molecule has 2 rings (SSSR count). The number of aliphatic hydroxyl groups excluding tert-OH is 1. The fraction of sp³-hybridized carbons (Fsp3) is 0.381. The summed E-state index contributed by atoms with van der Waals surface area (Å²) < 4.78 is 19.4. The molecule has 1 fully saturated rings. The van der Waals surface area contributed by atoms with Gasteiger partial charge in [-0.05, 0) is 18.9 Å². The second-order valence-electron chi connectivity index (χ2n) is 7.17. The molecule has 0 aliphatic carbocycles. The lowest BCUT2D eigenvalue weighted by Gasteiger charge is -2.26. The van der Waals surface area contributed by atoms with Crippen molar-refractivity contribution in [3.63, 3.8) is 0 Å². The Morgan fingerprint density at radius 1 is 1.52 bits per heavy atom. The maximum atomic E-state index is 14.6. The number of likely N-dealkylation sites (tertiary alicyclic amines) is 1. The minimum absolute atomic E-state index is 0.128. The highest BCUT2D eigenvalue weighted by atomic mass is 19.1. The minimum atomic E-state index is -1.65. The number of benzene rings is 1. The van der Waals surface area contributed by atoms with Crippen molar-refractivity contribution in [2.75, 3.05) is 34.3 Å². The van der Waals surface area contributed by atoms with Crippen molar-refractivity contribution in [1.29, 1.82) is 5.26 Å². The summed E-state index contributed by atoms with van der Waals surface area (Å²) in [5.41, 5.74) is -3.17. The highest BCUT2D eigenvalue weighted by molar-refractivity contribution is 6.03. The third kappa shape index (κ3) is 5.13. The molecule has 0 spiro atoms. The van der Waals surface area contributed by atoms with Gasteiger partial charge < -0.3 is 24.7 Å². The molecule has 1 aromatic carbocycles. The van der Waals surface area contributed by atoms with Crippen molar-refractivity contribution in [3.05, 3.63) is 33.1 Å². The number of hydrogen-bond donors (Lipinski definition) is 2. The highest BCUT2D eigenvalue weighted by Crippen LogP contribution is 2.41. The van der Waals surface area contributed by atoms with Crippen LogP contribution in [0.3, 0.4) is 0 Å². The van der Waals surface area contributed by atoms with E-state index in [2.05, 4.69) is 11.8 Å². The maximum absolute atomic E-state index is 14.6. The van der Waals surface area contributed by atoms with Gasteiger partial charge in [-0.25, -0.2) is 0 Å². The molecule has 0 aromatic heterocycles. The van der Waals surface area contributed by atoms with Gasteiger partial charge in [-0.3, -0.25) is 19.7 Å². The van der Waals surface area contributed by atoms with E-state index in [1.807, 2.05) is 0 Å². The van der Waals surface area contributed by atoms with Crippen LogP contribution >= 0.6 is 0 Å². The Hall–Kier alpha value is -4.32. The number of ether oxygens (including phenoxy) is 1. The molecule has 0 radical (unpaired) electrons. The third-order valence-electron chi connectivity index (χ3n) is 5.00. The Bertz CT molecular complexity index is 1130. The zero-order valence-corrected chi connectivity index (χ0v) is 18.1. The van der Waals surface area contributed by atoms with Crippen LogP contribution in [0.1, 0.15) is 18.4 Å². The van der Waals surface area contributed by atoms with Gasteiger partial charge >= 0.3 is 5.69 Å². The van der Waals surface area contributed by atoms with Gasteiger partial charge in [0, 0.05) is 20.6 Å². The summed E-state index contributed by atoms with van der Waals surface area (Å²) in [6.45, 7) is 0.439. The Morgan fingerprint density at radius 3 is 2.76 bits per heavy atom. The summed E-state index contributed by atoms with van der Waals surface area (Å²) in [6, 6.07) is 2.18. The Balaban J connectivity index is 2.36. The van der Waals surface area contributed by atoms with Crippen LogP contribution in [-0.2, 0) is 9.59 Å². The zero-order chi connectivity index (χ0) is 24.9. The van der Waals surface area contributed by atoms with Gasteiger partial charge in [0.15, 0.2) is 11.3 Å². The van der Waals surface area contributed by atoms with E-state index in [4.69, 9.17) is 4.74 Å². The summed E-state index contributed by atoms with van der Waals surface area (Å²) in [5, 5.41) is 40.7. The number of methoxy groups -OCH3 is 1. The van der Waals surface area contributed by atoms with E-state index in [-0.39, 0.29) is 12.5 Å². The highest BCUT2D eigenvalue weighted by Gasteiger charge is 2.32. The van der Waals surface area contributed by atoms with Gasteiger partial charge in [0.1, 0.15) is 11.8 Å². The van der Waals surface area contributed by atoms with E-state index in [1.165, 1.54) is 13.1 Å². The quantitative estimate of drug-likeness (QED) is 0.167. The lowest BCUT2D eigenvalue weighted by Crippen LogP contribution is -2.37. The number of nitriles is 1. The molecule has 1 aromatic rings. The van der Waals surface area contributed by atoms with Crippen LogP contribution in [-0.4, -0.2) is 71.0 Å². The van der Waals surface area contributed by atoms with Gasteiger partial charge in [0.2, 0.25) is 17.5 Å². The second-order valence-corrected chi connectivity index (χ2v) is 7.17. The number of nitro groups is 1. The number of nitro benzene ring substituents is 1. The van der Waals surface area contributed by atoms with Crippen LogP contribution in [0.25, 0.3) is 5.76 Å². The number of amides is 2. The van der Waals surface area contributed by atoms with Crippen molar-refractivity contribution in [2.45, 2.75) is 12.8 Å². The zero-order valence-electron chi connectivity index (χ0n) is 18.1. The van der Waals surface area contributed by atoms with Gasteiger partial charge in [0.25, 0.3) is 5.91 Å². The lowest BCUT2D eigenvalue weighted by molar-refractivity contribution is -0.388. The number of aliphatic hydroxyl groups is 1. The molecule has 2 N–H and O–H groups in total. The van der Waals surface area contributed by atoms with Crippen molar-refractivity contribution in [1.82, 2.24) is 9.80 Å². The SMILES string of the molecule is COc1cc(/C(O)=C(\C#N)C(=O)N(C)CC#CC2CCCN(C)C2=O)c(F)c([N+](=O)[O-])c1O. The number of halogens is 1. The number of aromatic hydroxyl groups is 1. The first-order valence-corrected chi connectivity index (χ1v) is 9.61. The Labute approximate surface area is 188 Å². The smallest absolute Gasteiger partial charge is 0.350 e. The number of rotatable bonds is 5. The number of likely N-dealkylation sites (N-methyl/N-ethyl adjacent to an activating group) is 1. The number of hydrogen-bond acceptors (Lipinski definition) is 8. The van der Waals surface area contributed by atoms with E-state index in [0.717, 1.165) is 24.5 Å². The normalized spacial score (nSPS) is 16.2. The molecule has 11 nitrogen and oxygen atoms in total. The van der Waals surface area contributed by atoms with E-state index in [0.29, 0.717) is 13.0 Å². The van der Waals surface area contributed by atoms with Crippen LogP contribution in [0.5, 0.6) is 11.5 Å². The molecule has 1 heterocycles. The van der Waals surface area contributed by atoms with E-state index in [9.17, 15) is 39.6 Å². The molecule has 0 bridgehead atoms. The largest absolute Gasteiger partial charge is 0.506 e. The van der Waals surface area contributed by atoms with E-state index < -0.39 is 56.6 Å². The van der Waals surface area contributed by atoms with Crippen LogP contribution in [0.15, 0.2) is 11.6 Å². The average Bonchev–Trinajstić information content (AvgIpc) is 2.76. The van der Waals surface area contributed by atoms with Crippen molar-refractivity contribution >= 4 is 23.3 Å². The van der Waals surface area contributed by atoms with Gasteiger partial charge in [-0.1, -0.05) is 11.8 Å². The first-order chi connectivity index (χ1) is 15.5.